The van der Waals surface area contributed by atoms with E-state index < -0.39 is 129 Å². The molecule has 6 atom stereocenters. The van der Waals surface area contributed by atoms with E-state index in [1.54, 1.807) is 12.1 Å². The fourth-order valence-corrected chi connectivity index (χ4v) is 9.50. The minimum atomic E-state index is -2.26. The third kappa shape index (κ3) is 10.1. The van der Waals surface area contributed by atoms with Crippen LogP contribution >= 0.6 is 0 Å². The van der Waals surface area contributed by atoms with Crippen LogP contribution in [0.5, 0.6) is 17.2 Å². The first-order valence-electron chi connectivity index (χ1n) is 24.2. The molecule has 28 nitrogen and oxygen atoms in total. The maximum Gasteiger partial charge on any atom is 0.510 e. The Balaban J connectivity index is 0.976. The van der Waals surface area contributed by atoms with Crippen LogP contribution in [0.1, 0.15) is 47.6 Å². The van der Waals surface area contributed by atoms with Crippen molar-refractivity contribution < 1.29 is 102 Å². The predicted octanol–water partition coefficient (Wildman–Crippen LogP) is -2.04. The van der Waals surface area contributed by atoms with Gasteiger partial charge in [-0.2, -0.15) is 0 Å². The van der Waals surface area contributed by atoms with E-state index in [0.29, 0.717) is 39.2 Å². The third-order valence-electron chi connectivity index (χ3n) is 14.1. The number of carboxylic acids is 1. The van der Waals surface area contributed by atoms with Crippen molar-refractivity contribution in [3.8, 4) is 28.6 Å². The minimum Gasteiger partial charge on any atom is -0.479 e. The van der Waals surface area contributed by atoms with Crippen molar-refractivity contribution in [1.29, 1.82) is 0 Å². The Hall–Kier alpha value is -8.09. The summed E-state index contributed by atoms with van der Waals surface area (Å²) in [4.78, 5) is 111. The molecule has 5 aliphatic rings. The van der Waals surface area contributed by atoms with Crippen LogP contribution < -0.4 is 30.4 Å². The van der Waals surface area contributed by atoms with Crippen LogP contribution in [0.15, 0.2) is 53.3 Å². The second-order valence-electron chi connectivity index (χ2n) is 18.9. The first-order chi connectivity index (χ1) is 37.2. The van der Waals surface area contributed by atoms with Gasteiger partial charge in [0, 0.05) is 61.3 Å². The molecule has 2 unspecified atom stereocenters. The number of carboxylic acid groups (broad SMARTS) is 1. The van der Waals surface area contributed by atoms with Crippen molar-refractivity contribution >= 4 is 58.3 Å². The van der Waals surface area contributed by atoms with Crippen molar-refractivity contribution in [2.45, 2.75) is 87.9 Å². The molecule has 78 heavy (non-hydrogen) atoms. The van der Waals surface area contributed by atoms with Crippen LogP contribution in [-0.4, -0.2) is 180 Å². The monoisotopic (exact) mass is 1090 g/mol. The molecule has 0 spiro atoms. The highest BCUT2D eigenvalue weighted by molar-refractivity contribution is 6.13. The number of benzene rings is 2. The van der Waals surface area contributed by atoms with Crippen LogP contribution in [-0.2, 0) is 79.6 Å². The molecule has 9 N–H and O–H groups in total. The number of rotatable bonds is 19. The number of ether oxygens (including phenoxy) is 7. The molecule has 2 aromatic heterocycles. The minimum absolute atomic E-state index is 0.0192. The first-order valence-corrected chi connectivity index (χ1v) is 24.2. The fourth-order valence-electron chi connectivity index (χ4n) is 9.50. The van der Waals surface area contributed by atoms with Crippen molar-refractivity contribution in [1.82, 2.24) is 24.7 Å². The number of aliphatic carboxylic acids is 1. The number of nitrogens with zero attached hydrogens (tertiary/aromatic N) is 4. The first kappa shape index (κ1) is 54.7. The maximum atomic E-state index is 14.5. The molecule has 4 aromatic rings. The van der Waals surface area contributed by atoms with Crippen LogP contribution in [0.3, 0.4) is 0 Å². The molecule has 0 aliphatic carbocycles. The summed E-state index contributed by atoms with van der Waals surface area (Å²) in [5.41, 5.74) is -2.53. The van der Waals surface area contributed by atoms with E-state index in [9.17, 15) is 74.1 Å². The van der Waals surface area contributed by atoms with Crippen LogP contribution in [0.25, 0.3) is 22.3 Å². The molecule has 0 saturated carbocycles. The summed E-state index contributed by atoms with van der Waals surface area (Å²) >= 11 is 0. The number of aromatic nitrogens is 2. The molecule has 7 heterocycles. The molecule has 28 heteroatoms. The van der Waals surface area contributed by atoms with Crippen molar-refractivity contribution in [3.05, 3.63) is 86.7 Å². The van der Waals surface area contributed by atoms with E-state index in [4.69, 9.17) is 38.1 Å². The SMILES string of the molecule is CC[C@@]1(OC(=O)OCc2ccc(O[C@@H]3OC(C(=O)O)[C@@H](O)[C@H](O)C3O)c(NC(=O)CN(C)C(=O)CCN3C(=O)C=CC3=O)c2)C(=O)OCc2c1cc1n(c2=O)Cc2c-1nc1cc3c(cc1c2CNC(CO)(CO)CO)OCO3. The van der Waals surface area contributed by atoms with Gasteiger partial charge in [0.1, 0.15) is 37.3 Å². The molecule has 4 amide bonds. The number of cyclic esters (lactones) is 1. The van der Waals surface area contributed by atoms with E-state index in [1.165, 1.54) is 42.8 Å². The molecule has 5 aliphatic heterocycles. The standard InChI is InChI=1S/C50H52N6O22/c1-3-50(28-12-31-39-26(15-56(31)44(67)27(28)18-72-47(50)70)25(14-51-49(19-57,20-58)21-59)24-11-33-34(75-22-74-33)13-29(24)53-39)78-48(71)73-17-23-4-5-32(76-46-42(66)40(64)41(65)43(77-46)45(68)69)30(10-23)52-35(60)16-54(2)36(61)8-9-55-37(62)6-7-38(55)63/h4-7,10-13,40-43,46,51,57-59,64-66H,3,8-9,14-22H2,1-2H3,(H,52,60)(H,68,69)/t40-,41-,42?,43?,46+,50-/m0/s1. The van der Waals surface area contributed by atoms with Gasteiger partial charge in [-0.1, -0.05) is 13.0 Å². The Morgan fingerprint density at radius 3 is 2.29 bits per heavy atom. The molecular formula is C50H52N6O22. The summed E-state index contributed by atoms with van der Waals surface area (Å²) in [5, 5.41) is 77.4. The smallest absolute Gasteiger partial charge is 0.479 e. The van der Waals surface area contributed by atoms with Gasteiger partial charge in [-0.15, -0.1) is 0 Å². The van der Waals surface area contributed by atoms with E-state index in [0.717, 1.165) is 22.0 Å². The predicted molar refractivity (Wildman–Crippen MR) is 259 cm³/mol. The summed E-state index contributed by atoms with van der Waals surface area (Å²) in [7, 11) is 1.27. The lowest BCUT2D eigenvalue weighted by Gasteiger charge is -2.38. The van der Waals surface area contributed by atoms with Gasteiger partial charge in [-0.05, 0) is 41.8 Å². The Labute approximate surface area is 439 Å². The van der Waals surface area contributed by atoms with Crippen molar-refractivity contribution in [2.24, 2.45) is 0 Å². The number of aliphatic hydroxyl groups excluding tert-OH is 6. The van der Waals surface area contributed by atoms with Crippen molar-refractivity contribution in [3.63, 3.8) is 0 Å². The number of nitrogens with one attached hydrogen (secondary N) is 2. The molecular weight excluding hydrogens is 1040 g/mol. The lowest BCUT2D eigenvalue weighted by atomic mass is 9.85. The number of hydrogen-bond acceptors (Lipinski definition) is 23. The number of likely N-dealkylation sites (N-methyl/N-ethyl adjacent to an activating group) is 1. The molecule has 2 aromatic carbocycles. The van der Waals surface area contributed by atoms with Crippen molar-refractivity contribution in [2.75, 3.05) is 52.1 Å². The number of imide groups is 1. The Bertz CT molecular complexity index is 3200. The van der Waals surface area contributed by atoms with Gasteiger partial charge in [0.05, 0.1) is 66.6 Å². The number of hydrogen-bond donors (Lipinski definition) is 9. The Morgan fingerprint density at radius 1 is 0.910 bits per heavy atom. The van der Waals surface area contributed by atoms with E-state index in [1.807, 2.05) is 0 Å². The highest BCUT2D eigenvalue weighted by Crippen LogP contribution is 2.44. The van der Waals surface area contributed by atoms with Gasteiger partial charge < -0.3 is 89.0 Å². The summed E-state index contributed by atoms with van der Waals surface area (Å²) in [5.74, 6) is -4.98. The van der Waals surface area contributed by atoms with Gasteiger partial charge in [-0.3, -0.25) is 28.9 Å². The van der Waals surface area contributed by atoms with Gasteiger partial charge >= 0.3 is 18.1 Å². The Morgan fingerprint density at radius 2 is 1.62 bits per heavy atom. The zero-order valence-electron chi connectivity index (χ0n) is 41.5. The molecule has 1 fully saturated rings. The average Bonchev–Trinajstić information content (AvgIpc) is 4.33. The van der Waals surface area contributed by atoms with E-state index in [2.05, 4.69) is 10.6 Å². The molecule has 0 bridgehead atoms. The number of anilines is 1. The quantitative estimate of drug-likeness (QED) is 0.0318. The van der Waals surface area contributed by atoms with E-state index in [-0.39, 0.29) is 73.1 Å². The molecule has 414 valence electrons. The lowest BCUT2D eigenvalue weighted by molar-refractivity contribution is -0.271. The summed E-state index contributed by atoms with van der Waals surface area (Å²) < 4.78 is 40.5. The number of aliphatic hydroxyl groups is 6. The number of fused-ring (bicyclic) bond motifs is 6. The fraction of sp³-hybridized carbons (Fsp3) is 0.420. The third-order valence-corrected chi connectivity index (χ3v) is 14.1. The number of carbonyl (C=O) groups is 7. The molecule has 9 rings (SSSR count). The zero-order valence-corrected chi connectivity index (χ0v) is 41.5. The van der Waals surface area contributed by atoms with Crippen LogP contribution in [0.2, 0.25) is 0 Å². The van der Waals surface area contributed by atoms with Gasteiger partial charge in [-0.25, -0.2) is 19.4 Å². The van der Waals surface area contributed by atoms with Gasteiger partial charge in [0.15, 0.2) is 17.6 Å². The Kier molecular flexibility index (Phi) is 15.2. The number of carbonyl (C=O) groups excluding carboxylic acids is 6. The topological polar surface area (TPSA) is 391 Å². The van der Waals surface area contributed by atoms with Crippen LogP contribution in [0, 0.1) is 0 Å². The second kappa shape index (κ2) is 21.7. The lowest BCUT2D eigenvalue weighted by Crippen LogP contribution is -2.61. The van der Waals surface area contributed by atoms with Gasteiger partial charge in [0.2, 0.25) is 30.5 Å². The average molecular weight is 1090 g/mol. The number of esters is 1. The highest BCUT2D eigenvalue weighted by Gasteiger charge is 2.52. The second-order valence-corrected chi connectivity index (χ2v) is 18.9. The number of pyridine rings is 2. The van der Waals surface area contributed by atoms with Gasteiger partial charge in [0.25, 0.3) is 17.4 Å². The maximum absolute atomic E-state index is 14.5. The molecule has 0 radical (unpaired) electrons. The summed E-state index contributed by atoms with van der Waals surface area (Å²) in [6, 6.07) is 8.53. The van der Waals surface area contributed by atoms with Crippen LogP contribution in [0.4, 0.5) is 10.5 Å². The highest BCUT2D eigenvalue weighted by atomic mass is 16.7. The normalized spacial score (nSPS) is 21.9. The largest absolute Gasteiger partial charge is 0.510 e. The summed E-state index contributed by atoms with van der Waals surface area (Å²) in [6.45, 7) is -2.53. The zero-order chi connectivity index (χ0) is 56.0. The molecule has 1 saturated heterocycles. The number of amides is 4. The van der Waals surface area contributed by atoms with E-state index >= 15 is 0 Å². The summed E-state index contributed by atoms with van der Waals surface area (Å²) in [6.07, 6.45) is -10.1.